The molecule has 0 amide bonds. The van der Waals surface area contributed by atoms with Gasteiger partial charge in [0.2, 0.25) is 5.82 Å². The SMILES string of the molecule is CC[C@H]1CCC(Cc2cc(-c3cnc(C(F)(F)F)nc3)ncn2)N1Sc1ccc(F)cc1. The monoisotopic (exact) mass is 463 g/mol. The molecule has 2 aromatic heterocycles. The summed E-state index contributed by atoms with van der Waals surface area (Å²) < 4.78 is 53.8. The minimum atomic E-state index is -4.58. The molecule has 0 saturated carbocycles. The lowest BCUT2D eigenvalue weighted by Gasteiger charge is -2.28. The minimum Gasteiger partial charge on any atom is -0.241 e. The Bertz CT molecular complexity index is 1040. The van der Waals surface area contributed by atoms with Gasteiger partial charge in [-0.05, 0) is 61.5 Å². The molecule has 10 heteroatoms. The van der Waals surface area contributed by atoms with Crippen LogP contribution in [0.1, 0.15) is 37.7 Å². The summed E-state index contributed by atoms with van der Waals surface area (Å²) >= 11 is 1.62. The van der Waals surface area contributed by atoms with Crippen molar-refractivity contribution < 1.29 is 17.6 Å². The molecule has 0 spiro atoms. The second-order valence-electron chi connectivity index (χ2n) is 7.59. The summed E-state index contributed by atoms with van der Waals surface area (Å²) in [5, 5.41) is 0. The smallest absolute Gasteiger partial charge is 0.241 e. The average molecular weight is 464 g/mol. The molecule has 0 aliphatic carbocycles. The van der Waals surface area contributed by atoms with Crippen LogP contribution < -0.4 is 0 Å². The number of benzene rings is 1. The summed E-state index contributed by atoms with van der Waals surface area (Å²) in [5.41, 5.74) is 1.67. The molecule has 0 N–H and O–H groups in total. The van der Waals surface area contributed by atoms with Gasteiger partial charge in [-0.3, -0.25) is 0 Å². The summed E-state index contributed by atoms with van der Waals surface area (Å²) in [5.74, 6) is -1.44. The van der Waals surface area contributed by atoms with E-state index in [0.717, 1.165) is 42.2 Å². The van der Waals surface area contributed by atoms with Crippen molar-refractivity contribution in [3.05, 3.63) is 66.4 Å². The zero-order valence-electron chi connectivity index (χ0n) is 17.3. The molecule has 3 aromatic rings. The molecule has 1 aliphatic heterocycles. The van der Waals surface area contributed by atoms with Crippen molar-refractivity contribution in [2.75, 3.05) is 0 Å². The fourth-order valence-corrected chi connectivity index (χ4v) is 5.03. The van der Waals surface area contributed by atoms with Gasteiger partial charge in [-0.2, -0.15) is 13.2 Å². The van der Waals surface area contributed by atoms with E-state index in [2.05, 4.69) is 31.2 Å². The third kappa shape index (κ3) is 5.24. The summed E-state index contributed by atoms with van der Waals surface area (Å²) in [4.78, 5) is 16.3. The molecular weight excluding hydrogens is 442 g/mol. The third-order valence-corrected chi connectivity index (χ3v) is 6.71. The molecular formula is C22H21F4N5S. The van der Waals surface area contributed by atoms with Crippen LogP contribution >= 0.6 is 11.9 Å². The predicted octanol–water partition coefficient (Wildman–Crippen LogP) is 5.58. The summed E-state index contributed by atoms with van der Waals surface area (Å²) in [6.07, 6.45) is 2.80. The largest absolute Gasteiger partial charge is 0.451 e. The molecule has 1 aliphatic rings. The highest BCUT2D eigenvalue weighted by Crippen LogP contribution is 2.38. The Labute approximate surface area is 187 Å². The fourth-order valence-electron chi connectivity index (χ4n) is 3.79. The van der Waals surface area contributed by atoms with Crippen LogP contribution in [0.2, 0.25) is 0 Å². The van der Waals surface area contributed by atoms with E-state index in [1.165, 1.54) is 18.5 Å². The molecule has 32 heavy (non-hydrogen) atoms. The average Bonchev–Trinajstić information content (AvgIpc) is 3.16. The second kappa shape index (κ2) is 9.50. The zero-order valence-corrected chi connectivity index (χ0v) is 18.1. The number of halogens is 4. The van der Waals surface area contributed by atoms with Crippen LogP contribution in [0.15, 0.2) is 53.9 Å². The molecule has 1 saturated heterocycles. The van der Waals surface area contributed by atoms with Crippen LogP contribution in [0.3, 0.4) is 0 Å². The Kier molecular flexibility index (Phi) is 6.71. The highest BCUT2D eigenvalue weighted by Gasteiger charge is 2.35. The van der Waals surface area contributed by atoms with Crippen LogP contribution in [-0.4, -0.2) is 36.3 Å². The first-order valence-electron chi connectivity index (χ1n) is 10.3. The first-order valence-corrected chi connectivity index (χ1v) is 11.0. The Morgan fingerprint density at radius 3 is 2.34 bits per heavy atom. The number of hydrogen-bond acceptors (Lipinski definition) is 6. The third-order valence-electron chi connectivity index (χ3n) is 5.42. The van der Waals surface area contributed by atoms with Gasteiger partial charge in [-0.1, -0.05) is 6.92 Å². The predicted molar refractivity (Wildman–Crippen MR) is 113 cm³/mol. The Hall–Kier alpha value is -2.59. The lowest BCUT2D eigenvalue weighted by molar-refractivity contribution is -0.144. The first kappa shape index (κ1) is 22.6. The number of aromatic nitrogens is 4. The molecule has 5 nitrogen and oxygen atoms in total. The van der Waals surface area contributed by atoms with Crippen LogP contribution in [0.25, 0.3) is 11.3 Å². The van der Waals surface area contributed by atoms with Crippen LogP contribution in [0, 0.1) is 5.82 Å². The number of nitrogens with zero attached hydrogens (tertiary/aromatic N) is 5. The van der Waals surface area contributed by atoms with Crippen molar-refractivity contribution in [3.63, 3.8) is 0 Å². The molecule has 1 aromatic carbocycles. The molecule has 1 unspecified atom stereocenters. The maximum absolute atomic E-state index is 13.3. The molecule has 2 atom stereocenters. The maximum atomic E-state index is 13.3. The van der Waals surface area contributed by atoms with Crippen LogP contribution in [0.4, 0.5) is 17.6 Å². The van der Waals surface area contributed by atoms with Crippen LogP contribution in [0.5, 0.6) is 0 Å². The topological polar surface area (TPSA) is 54.8 Å². The maximum Gasteiger partial charge on any atom is 0.451 e. The summed E-state index contributed by atoms with van der Waals surface area (Å²) in [6, 6.07) is 8.85. The van der Waals surface area contributed by atoms with Gasteiger partial charge in [0.05, 0.1) is 5.69 Å². The number of hydrogen-bond donors (Lipinski definition) is 0. The van der Waals surface area contributed by atoms with Gasteiger partial charge in [0.15, 0.2) is 0 Å². The highest BCUT2D eigenvalue weighted by molar-refractivity contribution is 7.97. The molecule has 0 bridgehead atoms. The van der Waals surface area contributed by atoms with Gasteiger partial charge >= 0.3 is 6.18 Å². The number of alkyl halides is 3. The van der Waals surface area contributed by atoms with E-state index in [1.54, 1.807) is 30.1 Å². The lowest BCUT2D eigenvalue weighted by Crippen LogP contribution is -2.31. The van der Waals surface area contributed by atoms with Crippen molar-refractivity contribution in [3.8, 4) is 11.3 Å². The lowest BCUT2D eigenvalue weighted by atomic mass is 10.1. The highest BCUT2D eigenvalue weighted by atomic mass is 32.2. The van der Waals surface area contributed by atoms with Gasteiger partial charge in [-0.15, -0.1) is 0 Å². The number of rotatable bonds is 6. The fraction of sp³-hybridized carbons (Fsp3) is 0.364. The van der Waals surface area contributed by atoms with E-state index in [4.69, 9.17) is 0 Å². The van der Waals surface area contributed by atoms with Crippen molar-refractivity contribution >= 4 is 11.9 Å². The second-order valence-corrected chi connectivity index (χ2v) is 8.67. The van der Waals surface area contributed by atoms with Gasteiger partial charge in [0.1, 0.15) is 12.1 Å². The molecule has 168 valence electrons. The van der Waals surface area contributed by atoms with E-state index in [1.807, 2.05) is 0 Å². The van der Waals surface area contributed by atoms with Crippen LogP contribution in [-0.2, 0) is 12.6 Å². The van der Waals surface area contributed by atoms with E-state index in [0.29, 0.717) is 23.7 Å². The van der Waals surface area contributed by atoms with E-state index < -0.39 is 12.0 Å². The molecule has 1 fully saturated rings. The Morgan fingerprint density at radius 1 is 1.00 bits per heavy atom. The first-order chi connectivity index (χ1) is 15.3. The summed E-state index contributed by atoms with van der Waals surface area (Å²) in [7, 11) is 0. The van der Waals surface area contributed by atoms with Crippen molar-refractivity contribution in [2.45, 2.75) is 55.8 Å². The Balaban J connectivity index is 1.51. The van der Waals surface area contributed by atoms with Crippen molar-refractivity contribution in [1.29, 1.82) is 0 Å². The van der Waals surface area contributed by atoms with Crippen molar-refractivity contribution in [2.24, 2.45) is 0 Å². The summed E-state index contributed by atoms with van der Waals surface area (Å²) in [6.45, 7) is 2.15. The van der Waals surface area contributed by atoms with Crippen molar-refractivity contribution in [1.82, 2.24) is 24.2 Å². The minimum absolute atomic E-state index is 0.224. The standard InChI is InChI=1S/C22H21F4N5S/c1-2-17-5-6-18(31(17)32-19-7-3-15(23)4-8-19)9-16-10-20(30-13-29-16)14-11-27-21(28-12-14)22(24,25)26/h3-4,7-8,10-13,17-18H,2,5-6,9H2,1H3/t17-,18?/m0/s1. The molecule has 3 heterocycles. The Morgan fingerprint density at radius 2 is 1.69 bits per heavy atom. The van der Waals surface area contributed by atoms with Gasteiger partial charge < -0.3 is 0 Å². The quantitative estimate of drug-likeness (QED) is 0.351. The zero-order chi connectivity index (χ0) is 22.7. The van der Waals surface area contributed by atoms with E-state index in [-0.39, 0.29) is 11.9 Å². The van der Waals surface area contributed by atoms with Gasteiger partial charge in [0, 0.05) is 47.1 Å². The van der Waals surface area contributed by atoms with Gasteiger partial charge in [0.25, 0.3) is 0 Å². The van der Waals surface area contributed by atoms with Gasteiger partial charge in [-0.25, -0.2) is 28.6 Å². The van der Waals surface area contributed by atoms with E-state index in [9.17, 15) is 17.6 Å². The molecule has 0 radical (unpaired) electrons. The molecule has 4 rings (SSSR count). The van der Waals surface area contributed by atoms with E-state index >= 15 is 0 Å². The normalized spacial score (nSPS) is 19.4.